The lowest BCUT2D eigenvalue weighted by atomic mass is 10.1. The van der Waals surface area contributed by atoms with Gasteiger partial charge in [-0.05, 0) is 25.3 Å². The number of benzene rings is 1. The van der Waals surface area contributed by atoms with E-state index < -0.39 is 0 Å². The van der Waals surface area contributed by atoms with E-state index in [1.54, 1.807) is 12.7 Å². The minimum absolute atomic E-state index is 0.848. The van der Waals surface area contributed by atoms with Crippen molar-refractivity contribution in [1.82, 2.24) is 25.0 Å². The summed E-state index contributed by atoms with van der Waals surface area (Å²) < 4.78 is 2.00. The maximum atomic E-state index is 4.36. The fourth-order valence-corrected chi connectivity index (χ4v) is 2.38. The van der Waals surface area contributed by atoms with Gasteiger partial charge in [-0.25, -0.2) is 0 Å². The number of aryl methyl sites for hydroxylation is 2. The van der Waals surface area contributed by atoms with E-state index in [-0.39, 0.29) is 0 Å². The second kappa shape index (κ2) is 8.92. The lowest BCUT2D eigenvalue weighted by Gasteiger charge is -2.22. The largest absolute Gasteiger partial charge is 0.356 e. The maximum Gasteiger partial charge on any atom is 0.193 e. The van der Waals surface area contributed by atoms with Crippen LogP contribution >= 0.6 is 0 Å². The second-order valence-corrected chi connectivity index (χ2v) is 5.72. The summed E-state index contributed by atoms with van der Waals surface area (Å²) in [5, 5.41) is 11.0. The first kappa shape index (κ1) is 17.0. The van der Waals surface area contributed by atoms with Gasteiger partial charge in [0.15, 0.2) is 5.96 Å². The lowest BCUT2D eigenvalue weighted by Crippen LogP contribution is -2.38. The van der Waals surface area contributed by atoms with Gasteiger partial charge in [0.25, 0.3) is 0 Å². The minimum atomic E-state index is 0.848. The van der Waals surface area contributed by atoms with Gasteiger partial charge in [-0.1, -0.05) is 29.8 Å². The molecule has 1 aromatic heterocycles. The van der Waals surface area contributed by atoms with E-state index >= 15 is 0 Å². The van der Waals surface area contributed by atoms with Gasteiger partial charge < -0.3 is 14.8 Å². The number of hydrogen-bond acceptors (Lipinski definition) is 3. The Morgan fingerprint density at radius 2 is 1.87 bits per heavy atom. The van der Waals surface area contributed by atoms with Gasteiger partial charge in [0.1, 0.15) is 12.7 Å². The number of nitrogens with zero attached hydrogens (tertiary/aromatic N) is 5. The number of unbranched alkanes of at least 4 members (excludes halogenated alkanes) is 1. The van der Waals surface area contributed by atoms with Gasteiger partial charge in [0, 0.05) is 33.7 Å². The maximum absolute atomic E-state index is 4.36. The molecular weight excluding hydrogens is 288 g/mol. The highest BCUT2D eigenvalue weighted by Gasteiger charge is 2.06. The summed E-state index contributed by atoms with van der Waals surface area (Å²) in [4.78, 5) is 6.50. The monoisotopic (exact) mass is 314 g/mol. The average molecular weight is 314 g/mol. The van der Waals surface area contributed by atoms with Crippen molar-refractivity contribution >= 4 is 5.96 Å². The van der Waals surface area contributed by atoms with Gasteiger partial charge in [0.2, 0.25) is 0 Å². The first-order valence-corrected chi connectivity index (χ1v) is 7.99. The predicted molar refractivity (Wildman–Crippen MR) is 93.3 cm³/mol. The average Bonchev–Trinajstić information content (AvgIpc) is 3.06. The Bertz CT molecular complexity index is 588. The molecule has 23 heavy (non-hydrogen) atoms. The predicted octanol–water partition coefficient (Wildman–Crippen LogP) is 2.07. The van der Waals surface area contributed by atoms with Crippen molar-refractivity contribution in [3.8, 4) is 0 Å². The molecule has 0 radical (unpaired) electrons. The Morgan fingerprint density at radius 3 is 2.52 bits per heavy atom. The first-order valence-electron chi connectivity index (χ1n) is 7.99. The highest BCUT2D eigenvalue weighted by atomic mass is 15.3. The van der Waals surface area contributed by atoms with Crippen LogP contribution < -0.4 is 5.32 Å². The molecule has 6 nitrogen and oxygen atoms in total. The van der Waals surface area contributed by atoms with Crippen LogP contribution in [0.4, 0.5) is 0 Å². The van der Waals surface area contributed by atoms with Crippen LogP contribution in [0.1, 0.15) is 24.0 Å². The van der Waals surface area contributed by atoms with E-state index in [4.69, 9.17) is 0 Å². The highest BCUT2D eigenvalue weighted by molar-refractivity contribution is 5.79. The fraction of sp³-hybridized carbons (Fsp3) is 0.471. The van der Waals surface area contributed by atoms with Crippen LogP contribution in [0.5, 0.6) is 0 Å². The molecule has 0 bridgehead atoms. The Hall–Kier alpha value is -2.37. The zero-order chi connectivity index (χ0) is 16.5. The van der Waals surface area contributed by atoms with Crippen molar-refractivity contribution in [3.63, 3.8) is 0 Å². The van der Waals surface area contributed by atoms with Crippen molar-refractivity contribution in [1.29, 1.82) is 0 Å². The van der Waals surface area contributed by atoms with Crippen LogP contribution in [0.2, 0.25) is 0 Å². The molecule has 0 unspecified atom stereocenters. The number of guanidine groups is 1. The van der Waals surface area contributed by atoms with Crippen LogP contribution in [0, 0.1) is 6.92 Å². The molecule has 2 rings (SSSR count). The molecule has 1 N–H and O–H groups in total. The molecule has 0 saturated carbocycles. The van der Waals surface area contributed by atoms with Crippen molar-refractivity contribution in [2.75, 3.05) is 20.6 Å². The van der Waals surface area contributed by atoms with Crippen LogP contribution in [0.15, 0.2) is 41.9 Å². The lowest BCUT2D eigenvalue weighted by molar-refractivity contribution is 0.473. The summed E-state index contributed by atoms with van der Waals surface area (Å²) in [6, 6.07) is 8.62. The van der Waals surface area contributed by atoms with Gasteiger partial charge in [-0.2, -0.15) is 0 Å². The van der Waals surface area contributed by atoms with Gasteiger partial charge in [-0.15, -0.1) is 10.2 Å². The summed E-state index contributed by atoms with van der Waals surface area (Å²) in [7, 11) is 3.89. The SMILES string of the molecule is CN=C(NCCCCn1cnnc1)N(C)Cc1ccc(C)cc1. The Balaban J connectivity index is 1.70. The van der Waals surface area contributed by atoms with Crippen LogP contribution in [-0.4, -0.2) is 46.3 Å². The van der Waals surface area contributed by atoms with Gasteiger partial charge in [0.05, 0.1) is 0 Å². The Kier molecular flexibility index (Phi) is 6.59. The molecule has 0 aliphatic heterocycles. The quantitative estimate of drug-likeness (QED) is 0.483. The number of aromatic nitrogens is 3. The summed E-state index contributed by atoms with van der Waals surface area (Å²) in [6.45, 7) is 4.81. The topological polar surface area (TPSA) is 58.3 Å². The molecular formula is C17H26N6. The van der Waals surface area contributed by atoms with Crippen LogP contribution in [0.25, 0.3) is 0 Å². The number of hydrogen-bond donors (Lipinski definition) is 1. The Morgan fingerprint density at radius 1 is 1.17 bits per heavy atom. The number of aliphatic imine (C=N–C) groups is 1. The van der Waals surface area contributed by atoms with Crippen molar-refractivity contribution in [2.45, 2.75) is 32.9 Å². The normalized spacial score (nSPS) is 11.5. The zero-order valence-corrected chi connectivity index (χ0v) is 14.2. The van der Waals surface area contributed by atoms with E-state index in [9.17, 15) is 0 Å². The fourth-order valence-electron chi connectivity index (χ4n) is 2.38. The van der Waals surface area contributed by atoms with Crippen molar-refractivity contribution in [2.24, 2.45) is 4.99 Å². The molecule has 124 valence electrons. The molecule has 2 aromatic rings. The molecule has 6 heteroatoms. The summed E-state index contributed by atoms with van der Waals surface area (Å²) in [5.41, 5.74) is 2.57. The summed E-state index contributed by atoms with van der Waals surface area (Å²) >= 11 is 0. The molecule has 1 heterocycles. The van der Waals surface area contributed by atoms with Crippen molar-refractivity contribution < 1.29 is 0 Å². The van der Waals surface area contributed by atoms with E-state index in [2.05, 4.69) is 63.6 Å². The zero-order valence-electron chi connectivity index (χ0n) is 14.2. The minimum Gasteiger partial charge on any atom is -0.356 e. The van der Waals surface area contributed by atoms with E-state index in [0.29, 0.717) is 0 Å². The highest BCUT2D eigenvalue weighted by Crippen LogP contribution is 2.06. The van der Waals surface area contributed by atoms with E-state index in [1.807, 2.05) is 11.6 Å². The first-order chi connectivity index (χ1) is 11.2. The molecule has 1 aromatic carbocycles. The van der Waals surface area contributed by atoms with E-state index in [1.165, 1.54) is 11.1 Å². The smallest absolute Gasteiger partial charge is 0.193 e. The number of nitrogens with one attached hydrogen (secondary N) is 1. The second-order valence-electron chi connectivity index (χ2n) is 5.72. The third-order valence-corrected chi connectivity index (χ3v) is 3.71. The number of rotatable bonds is 7. The molecule has 0 fully saturated rings. The molecule has 0 aliphatic carbocycles. The van der Waals surface area contributed by atoms with Crippen LogP contribution in [0.3, 0.4) is 0 Å². The molecule has 0 saturated heterocycles. The standard InChI is InChI=1S/C17H26N6/c1-15-6-8-16(9-7-15)12-22(3)17(18-2)19-10-4-5-11-23-13-20-21-14-23/h6-9,13-14H,4-5,10-12H2,1-3H3,(H,18,19). The molecule has 0 atom stereocenters. The molecule has 0 amide bonds. The van der Waals surface area contributed by atoms with Gasteiger partial charge in [-0.3, -0.25) is 4.99 Å². The van der Waals surface area contributed by atoms with Crippen LogP contribution in [-0.2, 0) is 13.1 Å². The van der Waals surface area contributed by atoms with Crippen molar-refractivity contribution in [3.05, 3.63) is 48.0 Å². The third-order valence-electron chi connectivity index (χ3n) is 3.71. The molecule has 0 spiro atoms. The Labute approximate surface area is 138 Å². The third kappa shape index (κ3) is 5.73. The molecule has 0 aliphatic rings. The van der Waals surface area contributed by atoms with E-state index in [0.717, 1.165) is 38.4 Å². The summed E-state index contributed by atoms with van der Waals surface area (Å²) in [5.74, 6) is 0.926. The van der Waals surface area contributed by atoms with Gasteiger partial charge >= 0.3 is 0 Å². The summed E-state index contributed by atoms with van der Waals surface area (Å²) in [6.07, 6.45) is 5.67.